The molecule has 3 rings (SSSR count). The van der Waals surface area contributed by atoms with Crippen LogP contribution in [0.2, 0.25) is 20.1 Å². The van der Waals surface area contributed by atoms with Crippen molar-refractivity contribution in [2.75, 3.05) is 33.7 Å². The van der Waals surface area contributed by atoms with Gasteiger partial charge < -0.3 is 10.6 Å². The first-order valence-electron chi connectivity index (χ1n) is 12.9. The molecule has 0 fully saturated rings. The van der Waals surface area contributed by atoms with Crippen molar-refractivity contribution in [3.8, 4) is 0 Å². The van der Waals surface area contributed by atoms with E-state index in [2.05, 4.69) is 10.6 Å². The molecule has 2 amide bonds. The van der Waals surface area contributed by atoms with Gasteiger partial charge in [-0.05, 0) is 36.4 Å². The van der Waals surface area contributed by atoms with Gasteiger partial charge in [0.15, 0.2) is 10.1 Å². The maximum Gasteiger partial charge on any atom is 0.342 e. The highest BCUT2D eigenvalue weighted by Gasteiger charge is 2.48. The molecule has 0 unspecified atom stereocenters. The number of nitrogens with one attached hydrogen (secondary N) is 2. The van der Waals surface area contributed by atoms with Crippen LogP contribution in [0.5, 0.6) is 0 Å². The fourth-order valence-corrected chi connectivity index (χ4v) is 5.30. The summed E-state index contributed by atoms with van der Waals surface area (Å²) >= 11 is 23.5. The fourth-order valence-electron chi connectivity index (χ4n) is 4.25. The van der Waals surface area contributed by atoms with Gasteiger partial charge in [-0.2, -0.15) is 0 Å². The molecule has 0 atom stereocenters. The first kappa shape index (κ1) is 37.8. The molecule has 0 aliphatic carbocycles. The Morgan fingerprint density at radius 1 is 0.551 bits per heavy atom. The topological polar surface area (TPSA) is 280 Å². The monoisotopic (exact) mass is 763 g/mol. The summed E-state index contributed by atoms with van der Waals surface area (Å²) in [7, 11) is 0. The lowest BCUT2D eigenvalue weighted by Crippen LogP contribution is -2.36. The van der Waals surface area contributed by atoms with Crippen LogP contribution in [0.3, 0.4) is 0 Å². The molecule has 3 aromatic rings. The lowest BCUT2D eigenvalue weighted by Gasteiger charge is -2.18. The molecule has 0 radical (unpaired) electrons. The number of hydrogen-bond acceptors (Lipinski definition) is 12. The van der Waals surface area contributed by atoms with Crippen LogP contribution in [0, 0.1) is 50.6 Å². The van der Waals surface area contributed by atoms with Crippen LogP contribution < -0.4 is 20.7 Å². The largest absolute Gasteiger partial charge is 0.342 e. The van der Waals surface area contributed by atoms with Crippen molar-refractivity contribution in [1.82, 2.24) is 0 Å². The number of nitro groups is 5. The molecule has 0 heterocycles. The minimum atomic E-state index is -1.81. The van der Waals surface area contributed by atoms with E-state index in [0.29, 0.717) is 0 Å². The van der Waals surface area contributed by atoms with E-state index in [0.717, 1.165) is 0 Å². The molecule has 0 saturated carbocycles. The Morgan fingerprint density at radius 3 is 1.14 bits per heavy atom. The highest BCUT2D eigenvalue weighted by molar-refractivity contribution is 6.35. The molecular formula is C24H17Cl4N9O12. The molecule has 21 nitrogen and oxygen atoms in total. The van der Waals surface area contributed by atoms with Crippen molar-refractivity contribution < 1.29 is 34.4 Å². The number of hydrazine groups is 2. The standard InChI is InChI=1S/C24H17Cl4N9O12/c25-12-5-13(26)8-16(7-12)29-20(38)1-3-31(36(46)47)22-18(33(40)41)11-19(34(42)43)23(24(22)35(44)45)32(37(48)49)4-2-21(39)30-17-9-14(27)6-15(28)10-17/h5-11H,1-4H2,(H,29,38)(H,30,39). The molecule has 0 aliphatic rings. The molecule has 0 bridgehead atoms. The lowest BCUT2D eigenvalue weighted by molar-refractivity contribution is -0.500. The number of hydrogen-bond donors (Lipinski definition) is 2. The zero-order chi connectivity index (χ0) is 36.7. The smallest absolute Gasteiger partial charge is 0.326 e. The third-order valence-electron chi connectivity index (χ3n) is 6.09. The van der Waals surface area contributed by atoms with E-state index in [1.807, 2.05) is 0 Å². The molecule has 258 valence electrons. The van der Waals surface area contributed by atoms with E-state index < -0.39 is 91.0 Å². The molecule has 0 aromatic heterocycles. The summed E-state index contributed by atoms with van der Waals surface area (Å²) in [5, 5.41) is 62.4. The number of benzene rings is 3. The van der Waals surface area contributed by atoms with Crippen LogP contribution in [0.15, 0.2) is 42.5 Å². The van der Waals surface area contributed by atoms with Crippen LogP contribution in [0.1, 0.15) is 12.8 Å². The Kier molecular flexibility index (Phi) is 12.3. The fraction of sp³-hybridized carbons (Fsp3) is 0.167. The van der Waals surface area contributed by atoms with Gasteiger partial charge in [0, 0.05) is 31.5 Å². The molecular weight excluding hydrogens is 748 g/mol. The van der Waals surface area contributed by atoms with Crippen molar-refractivity contribution in [3.63, 3.8) is 0 Å². The first-order chi connectivity index (χ1) is 22.9. The number of halogens is 4. The van der Waals surface area contributed by atoms with Gasteiger partial charge in [0.1, 0.15) is 0 Å². The Labute approximate surface area is 291 Å². The zero-order valence-electron chi connectivity index (χ0n) is 23.9. The van der Waals surface area contributed by atoms with Crippen molar-refractivity contribution in [1.29, 1.82) is 0 Å². The Balaban J connectivity index is 2.10. The second-order valence-corrected chi connectivity index (χ2v) is 11.1. The number of nitrogens with zero attached hydrogens (tertiary/aromatic N) is 7. The normalized spacial score (nSPS) is 10.5. The zero-order valence-corrected chi connectivity index (χ0v) is 26.9. The minimum absolute atomic E-state index is 0.0360. The molecule has 0 aliphatic heterocycles. The van der Waals surface area contributed by atoms with E-state index in [9.17, 15) is 60.2 Å². The van der Waals surface area contributed by atoms with Gasteiger partial charge in [-0.1, -0.05) is 56.4 Å². The second kappa shape index (κ2) is 16.0. The quantitative estimate of drug-likeness (QED) is 0.131. The number of carbonyl (C=O) groups excluding carboxylic acids is 2. The maximum absolute atomic E-state index is 12.6. The van der Waals surface area contributed by atoms with Gasteiger partial charge in [0.25, 0.3) is 11.4 Å². The molecule has 3 aromatic carbocycles. The third kappa shape index (κ3) is 9.70. The summed E-state index contributed by atoms with van der Waals surface area (Å²) in [5.41, 5.74) is -7.95. The number of nitro benzene ring substituents is 3. The van der Waals surface area contributed by atoms with Gasteiger partial charge in [-0.15, -0.1) is 0 Å². The van der Waals surface area contributed by atoms with E-state index >= 15 is 0 Å². The second-order valence-electron chi connectivity index (χ2n) is 9.37. The van der Waals surface area contributed by atoms with E-state index in [4.69, 9.17) is 46.4 Å². The predicted octanol–water partition coefficient (Wildman–Crippen LogP) is 6.08. The third-order valence-corrected chi connectivity index (χ3v) is 6.96. The SMILES string of the molecule is O=C(CCN(c1c([N+](=O)[O-])cc([N+](=O)[O-])c(N(CCC(=O)Nc2cc(Cl)cc(Cl)c2)[N+](=O)[O-])c1[N+](=O)[O-])[N+](=O)[O-])Nc1cc(Cl)cc(Cl)c1. The predicted molar refractivity (Wildman–Crippen MR) is 175 cm³/mol. The van der Waals surface area contributed by atoms with Crippen molar-refractivity contribution in [2.45, 2.75) is 12.8 Å². The average Bonchev–Trinajstić information content (AvgIpc) is 2.95. The van der Waals surface area contributed by atoms with Gasteiger partial charge in [0.05, 0.1) is 46.8 Å². The van der Waals surface area contributed by atoms with E-state index in [1.165, 1.54) is 36.4 Å². The summed E-state index contributed by atoms with van der Waals surface area (Å²) in [4.78, 5) is 81.4. The molecule has 25 heteroatoms. The summed E-state index contributed by atoms with van der Waals surface area (Å²) < 4.78 is 0. The lowest BCUT2D eigenvalue weighted by atomic mass is 10.1. The van der Waals surface area contributed by atoms with Gasteiger partial charge >= 0.3 is 17.1 Å². The van der Waals surface area contributed by atoms with Crippen molar-refractivity contribution in [3.05, 3.63) is 113 Å². The van der Waals surface area contributed by atoms with Gasteiger partial charge in [-0.25, -0.2) is 20.2 Å². The first-order valence-corrected chi connectivity index (χ1v) is 14.4. The molecule has 0 saturated heterocycles. The Morgan fingerprint density at radius 2 is 0.878 bits per heavy atom. The summed E-state index contributed by atoms with van der Waals surface area (Å²) in [5.74, 6) is -1.95. The number of amides is 2. The maximum atomic E-state index is 12.6. The Bertz CT molecular complexity index is 1730. The van der Waals surface area contributed by atoms with E-state index in [1.54, 1.807) is 0 Å². The van der Waals surface area contributed by atoms with Crippen molar-refractivity contribution in [2.24, 2.45) is 0 Å². The van der Waals surface area contributed by atoms with Crippen LogP contribution in [0.4, 0.5) is 39.8 Å². The van der Waals surface area contributed by atoms with Crippen molar-refractivity contribution >= 4 is 98.0 Å². The number of anilines is 4. The summed E-state index contributed by atoms with van der Waals surface area (Å²) in [6.07, 6.45) is -1.75. The minimum Gasteiger partial charge on any atom is -0.326 e. The molecule has 0 spiro atoms. The highest BCUT2D eigenvalue weighted by Crippen LogP contribution is 2.50. The Hall–Kier alpha value is -5.64. The van der Waals surface area contributed by atoms with Crippen LogP contribution in [-0.4, -0.2) is 49.7 Å². The average molecular weight is 765 g/mol. The molecule has 49 heavy (non-hydrogen) atoms. The number of rotatable bonds is 15. The van der Waals surface area contributed by atoms with E-state index in [-0.39, 0.29) is 47.5 Å². The van der Waals surface area contributed by atoms with Gasteiger partial charge in [-0.3, -0.25) is 39.9 Å². The van der Waals surface area contributed by atoms with Gasteiger partial charge in [0.2, 0.25) is 11.8 Å². The highest BCUT2D eigenvalue weighted by atomic mass is 35.5. The van der Waals surface area contributed by atoms with Crippen LogP contribution in [0.25, 0.3) is 0 Å². The summed E-state index contributed by atoms with van der Waals surface area (Å²) in [6.45, 7) is -2.26. The van der Waals surface area contributed by atoms with Crippen LogP contribution >= 0.6 is 46.4 Å². The summed E-state index contributed by atoms with van der Waals surface area (Å²) in [6, 6.07) is 7.72. The number of carbonyl (C=O) groups is 2. The van der Waals surface area contributed by atoms with Crippen LogP contribution in [-0.2, 0) is 9.59 Å². The molecule has 2 N–H and O–H groups in total.